The Morgan fingerprint density at radius 3 is 2.71 bits per heavy atom. The third kappa shape index (κ3) is 3.03. The van der Waals surface area contributed by atoms with Crippen LogP contribution < -0.4 is 5.56 Å². The lowest BCUT2D eigenvalue weighted by Crippen LogP contribution is -2.21. The van der Waals surface area contributed by atoms with E-state index in [1.54, 1.807) is 29.0 Å². The first-order chi connectivity index (χ1) is 8.08. The molecule has 88 valence electrons. The molecule has 0 saturated carbocycles. The van der Waals surface area contributed by atoms with Crippen LogP contribution in [0.2, 0.25) is 10.0 Å². The van der Waals surface area contributed by atoms with Gasteiger partial charge in [0, 0.05) is 16.2 Å². The number of halogens is 3. The fraction of sp³-hybridized carbons (Fsp3) is 0.0833. The molecule has 2 aromatic rings. The van der Waals surface area contributed by atoms with Gasteiger partial charge in [-0.2, -0.15) is 0 Å². The first-order valence-electron chi connectivity index (χ1n) is 4.87. The second-order valence-electron chi connectivity index (χ2n) is 3.52. The minimum absolute atomic E-state index is 0.0147. The van der Waals surface area contributed by atoms with Gasteiger partial charge < -0.3 is 4.57 Å². The van der Waals surface area contributed by atoms with Crippen molar-refractivity contribution in [1.82, 2.24) is 4.57 Å². The molecular weight excluding hydrogens is 372 g/mol. The molecule has 0 fully saturated rings. The predicted octanol–water partition coefficient (Wildman–Crippen LogP) is 3.81. The molecule has 0 aliphatic heterocycles. The number of hydrogen-bond donors (Lipinski definition) is 0. The van der Waals surface area contributed by atoms with Crippen LogP contribution in [0.25, 0.3) is 0 Å². The summed E-state index contributed by atoms with van der Waals surface area (Å²) in [5, 5.41) is 1.16. The van der Waals surface area contributed by atoms with E-state index >= 15 is 0 Å². The summed E-state index contributed by atoms with van der Waals surface area (Å²) >= 11 is 13.9. The number of benzene rings is 1. The first-order valence-corrected chi connectivity index (χ1v) is 6.70. The Morgan fingerprint density at radius 1 is 1.24 bits per heavy atom. The SMILES string of the molecule is O=c1c(I)cccn1Cc1ccc(Cl)cc1Cl. The van der Waals surface area contributed by atoms with Crippen molar-refractivity contribution in [3.63, 3.8) is 0 Å². The van der Waals surface area contributed by atoms with Gasteiger partial charge in [0.1, 0.15) is 0 Å². The molecule has 0 unspecified atom stereocenters. The Balaban J connectivity index is 2.38. The van der Waals surface area contributed by atoms with Crippen LogP contribution in [0.3, 0.4) is 0 Å². The van der Waals surface area contributed by atoms with E-state index in [4.69, 9.17) is 23.2 Å². The van der Waals surface area contributed by atoms with Crippen molar-refractivity contribution in [2.45, 2.75) is 6.54 Å². The van der Waals surface area contributed by atoms with Crippen LogP contribution >= 0.6 is 45.8 Å². The highest BCUT2D eigenvalue weighted by Gasteiger charge is 2.05. The van der Waals surface area contributed by atoms with Gasteiger partial charge in [0.15, 0.2) is 0 Å². The molecule has 1 aromatic carbocycles. The molecule has 2 nitrogen and oxygen atoms in total. The zero-order valence-electron chi connectivity index (χ0n) is 8.66. The summed E-state index contributed by atoms with van der Waals surface area (Å²) in [7, 11) is 0. The average Bonchev–Trinajstić information content (AvgIpc) is 2.28. The van der Waals surface area contributed by atoms with E-state index < -0.39 is 0 Å². The Labute approximate surface area is 122 Å². The molecule has 0 radical (unpaired) electrons. The number of aromatic nitrogens is 1. The Kier molecular flexibility index (Phi) is 4.12. The third-order valence-electron chi connectivity index (χ3n) is 2.33. The summed E-state index contributed by atoms with van der Waals surface area (Å²) < 4.78 is 2.31. The topological polar surface area (TPSA) is 22.0 Å². The summed E-state index contributed by atoms with van der Waals surface area (Å²) in [6, 6.07) is 8.89. The maximum Gasteiger partial charge on any atom is 0.264 e. The van der Waals surface area contributed by atoms with E-state index in [0.29, 0.717) is 20.2 Å². The fourth-order valence-corrected chi connectivity index (χ4v) is 2.45. The highest BCUT2D eigenvalue weighted by Crippen LogP contribution is 2.21. The molecule has 0 amide bonds. The normalized spacial score (nSPS) is 10.5. The van der Waals surface area contributed by atoms with Gasteiger partial charge in [0.2, 0.25) is 0 Å². The predicted molar refractivity (Wildman–Crippen MR) is 79.0 cm³/mol. The van der Waals surface area contributed by atoms with E-state index in [0.717, 1.165) is 5.56 Å². The molecule has 1 aromatic heterocycles. The summed E-state index contributed by atoms with van der Waals surface area (Å²) in [5.74, 6) is 0. The van der Waals surface area contributed by atoms with E-state index in [1.807, 2.05) is 34.7 Å². The van der Waals surface area contributed by atoms with Crippen LogP contribution in [0.4, 0.5) is 0 Å². The lowest BCUT2D eigenvalue weighted by atomic mass is 10.2. The molecule has 0 spiro atoms. The van der Waals surface area contributed by atoms with Crippen LogP contribution in [0.1, 0.15) is 5.56 Å². The Bertz CT molecular complexity index is 610. The molecule has 17 heavy (non-hydrogen) atoms. The van der Waals surface area contributed by atoms with Gasteiger partial charge in [-0.15, -0.1) is 0 Å². The summed E-state index contributed by atoms with van der Waals surface area (Å²) in [4.78, 5) is 11.8. The van der Waals surface area contributed by atoms with Gasteiger partial charge in [-0.3, -0.25) is 4.79 Å². The van der Waals surface area contributed by atoms with Crippen molar-refractivity contribution >= 4 is 45.8 Å². The van der Waals surface area contributed by atoms with Crippen LogP contribution in [0.5, 0.6) is 0 Å². The quantitative estimate of drug-likeness (QED) is 0.727. The largest absolute Gasteiger partial charge is 0.310 e. The van der Waals surface area contributed by atoms with E-state index in [1.165, 1.54) is 0 Å². The average molecular weight is 380 g/mol. The molecule has 0 N–H and O–H groups in total. The number of rotatable bonds is 2. The smallest absolute Gasteiger partial charge is 0.264 e. The fourth-order valence-electron chi connectivity index (χ4n) is 1.47. The van der Waals surface area contributed by atoms with Gasteiger partial charge in [-0.1, -0.05) is 29.3 Å². The molecule has 0 aliphatic carbocycles. The monoisotopic (exact) mass is 379 g/mol. The second kappa shape index (κ2) is 5.42. The maximum absolute atomic E-state index is 11.8. The Hall–Kier alpha value is -0.520. The van der Waals surface area contributed by atoms with Crippen LogP contribution in [-0.2, 0) is 6.54 Å². The molecule has 0 bridgehead atoms. The van der Waals surface area contributed by atoms with E-state index in [-0.39, 0.29) is 5.56 Å². The van der Waals surface area contributed by atoms with Gasteiger partial charge in [-0.25, -0.2) is 0 Å². The molecule has 0 atom stereocenters. The molecule has 5 heteroatoms. The van der Waals surface area contributed by atoms with Crippen molar-refractivity contribution in [2.75, 3.05) is 0 Å². The standard InChI is InChI=1S/C12H8Cl2INO/c13-9-4-3-8(10(14)6-9)7-16-5-1-2-11(15)12(16)17/h1-6H,7H2. The molecule has 0 saturated heterocycles. The number of nitrogens with zero attached hydrogens (tertiary/aromatic N) is 1. The molecule has 2 rings (SSSR count). The van der Waals surface area contributed by atoms with Gasteiger partial charge in [0.25, 0.3) is 5.56 Å². The lowest BCUT2D eigenvalue weighted by Gasteiger charge is -2.08. The van der Waals surface area contributed by atoms with E-state index in [9.17, 15) is 4.79 Å². The van der Waals surface area contributed by atoms with Gasteiger partial charge >= 0.3 is 0 Å². The van der Waals surface area contributed by atoms with Crippen LogP contribution in [0.15, 0.2) is 41.3 Å². The minimum atomic E-state index is -0.0147. The van der Waals surface area contributed by atoms with Gasteiger partial charge in [-0.05, 0) is 52.4 Å². The number of hydrogen-bond acceptors (Lipinski definition) is 1. The summed E-state index contributed by atoms with van der Waals surface area (Å²) in [5.41, 5.74) is 0.860. The highest BCUT2D eigenvalue weighted by atomic mass is 127. The number of pyridine rings is 1. The highest BCUT2D eigenvalue weighted by molar-refractivity contribution is 14.1. The maximum atomic E-state index is 11.8. The van der Waals surface area contributed by atoms with Crippen molar-refractivity contribution in [3.05, 3.63) is 66.1 Å². The first kappa shape index (κ1) is 12.9. The summed E-state index contributed by atoms with van der Waals surface area (Å²) in [6.07, 6.45) is 1.75. The molecule has 1 heterocycles. The van der Waals surface area contributed by atoms with Crippen molar-refractivity contribution in [1.29, 1.82) is 0 Å². The van der Waals surface area contributed by atoms with Crippen molar-refractivity contribution < 1.29 is 0 Å². The lowest BCUT2D eigenvalue weighted by molar-refractivity contribution is 0.755. The van der Waals surface area contributed by atoms with Crippen LogP contribution in [-0.4, -0.2) is 4.57 Å². The molecule has 0 aliphatic rings. The van der Waals surface area contributed by atoms with Crippen molar-refractivity contribution in [2.24, 2.45) is 0 Å². The summed E-state index contributed by atoms with van der Waals surface area (Å²) in [6.45, 7) is 0.450. The zero-order valence-corrected chi connectivity index (χ0v) is 12.3. The third-order valence-corrected chi connectivity index (χ3v) is 3.74. The Morgan fingerprint density at radius 2 is 2.00 bits per heavy atom. The minimum Gasteiger partial charge on any atom is -0.310 e. The zero-order chi connectivity index (χ0) is 12.4. The van der Waals surface area contributed by atoms with Crippen molar-refractivity contribution in [3.8, 4) is 0 Å². The van der Waals surface area contributed by atoms with Gasteiger partial charge in [0.05, 0.1) is 10.1 Å². The molecular formula is C12H8Cl2INO. The van der Waals surface area contributed by atoms with E-state index in [2.05, 4.69) is 0 Å². The second-order valence-corrected chi connectivity index (χ2v) is 5.53. The van der Waals surface area contributed by atoms with Crippen LogP contribution in [0, 0.1) is 3.57 Å².